The zero-order chi connectivity index (χ0) is 15.8. The van der Waals surface area contributed by atoms with Gasteiger partial charge in [0.2, 0.25) is 0 Å². The number of fused-ring (bicyclic) bond motifs is 2. The number of piperidine rings is 1. The van der Waals surface area contributed by atoms with Crippen LogP contribution in [0.25, 0.3) is 5.57 Å². The van der Waals surface area contributed by atoms with Crippen molar-refractivity contribution in [1.29, 1.82) is 0 Å². The number of benzene rings is 1. The van der Waals surface area contributed by atoms with Gasteiger partial charge in [0, 0.05) is 28.8 Å². The van der Waals surface area contributed by atoms with Crippen LogP contribution in [0.2, 0.25) is 5.02 Å². The minimum absolute atomic E-state index is 0.546. The van der Waals surface area contributed by atoms with Crippen LogP contribution in [0.1, 0.15) is 41.3 Å². The highest BCUT2D eigenvalue weighted by Crippen LogP contribution is 2.40. The number of halogens is 1. The van der Waals surface area contributed by atoms with Gasteiger partial charge in [-0.2, -0.15) is 0 Å². The summed E-state index contributed by atoms with van der Waals surface area (Å²) in [6.45, 7) is 1.99. The van der Waals surface area contributed by atoms with Gasteiger partial charge in [0.15, 0.2) is 0 Å². The smallest absolute Gasteiger partial charge is 0.0851 e. The molecule has 1 aliphatic carbocycles. The Morgan fingerprint density at radius 2 is 2.00 bits per heavy atom. The SMILES string of the molecule is O[C@@H]1Cc2cc(Cl)ccc2C(=C2CCNCC2)c2ncccc21. The maximum atomic E-state index is 10.7. The quantitative estimate of drug-likeness (QED) is 0.778. The lowest BCUT2D eigenvalue weighted by atomic mass is 9.89. The van der Waals surface area contributed by atoms with Crippen molar-refractivity contribution in [1.82, 2.24) is 10.3 Å². The molecule has 3 nitrogen and oxygen atoms in total. The number of nitrogens with zero attached hydrogens (tertiary/aromatic N) is 1. The summed E-state index contributed by atoms with van der Waals surface area (Å²) < 4.78 is 0. The fraction of sp³-hybridized carbons (Fsp3) is 0.316. The Balaban J connectivity index is 2.01. The van der Waals surface area contributed by atoms with Crippen LogP contribution >= 0.6 is 11.6 Å². The van der Waals surface area contributed by atoms with E-state index in [-0.39, 0.29) is 0 Å². The summed E-state index contributed by atoms with van der Waals surface area (Å²) in [5.41, 5.74) is 6.73. The molecular weight excluding hydrogens is 308 g/mol. The zero-order valence-electron chi connectivity index (χ0n) is 12.8. The Bertz CT molecular complexity index is 777. The molecule has 1 saturated heterocycles. The lowest BCUT2D eigenvalue weighted by Gasteiger charge is -2.21. The molecule has 2 aliphatic rings. The molecule has 0 unspecified atom stereocenters. The van der Waals surface area contributed by atoms with Gasteiger partial charge in [-0.15, -0.1) is 0 Å². The van der Waals surface area contributed by atoms with E-state index in [9.17, 15) is 5.11 Å². The molecule has 1 atom stereocenters. The fourth-order valence-corrected chi connectivity index (χ4v) is 3.85. The Hall–Kier alpha value is -1.68. The summed E-state index contributed by atoms with van der Waals surface area (Å²) in [4.78, 5) is 4.64. The van der Waals surface area contributed by atoms with Gasteiger partial charge in [0.25, 0.3) is 0 Å². The van der Waals surface area contributed by atoms with Gasteiger partial charge in [-0.05, 0) is 55.3 Å². The first-order valence-corrected chi connectivity index (χ1v) is 8.47. The third kappa shape index (κ3) is 2.69. The van der Waals surface area contributed by atoms with Crippen LogP contribution in [-0.4, -0.2) is 23.2 Å². The molecule has 4 heteroatoms. The molecular formula is C19H19ClN2O. The number of hydrogen-bond donors (Lipinski definition) is 2. The molecule has 1 fully saturated rings. The van der Waals surface area contributed by atoms with Crippen molar-refractivity contribution in [2.45, 2.75) is 25.4 Å². The Morgan fingerprint density at radius 3 is 2.83 bits per heavy atom. The first-order chi connectivity index (χ1) is 11.2. The second-order valence-electron chi connectivity index (χ2n) is 6.19. The van der Waals surface area contributed by atoms with Crippen molar-refractivity contribution in [3.05, 3.63) is 69.5 Å². The average molecular weight is 327 g/mol. The highest BCUT2D eigenvalue weighted by Gasteiger charge is 2.27. The summed E-state index contributed by atoms with van der Waals surface area (Å²) >= 11 is 6.20. The molecule has 0 radical (unpaired) electrons. The van der Waals surface area contributed by atoms with Gasteiger partial charge < -0.3 is 10.4 Å². The summed E-state index contributed by atoms with van der Waals surface area (Å²) in [6, 6.07) is 9.88. The molecule has 0 saturated carbocycles. The third-order valence-electron chi connectivity index (χ3n) is 4.75. The first kappa shape index (κ1) is 14.9. The highest BCUT2D eigenvalue weighted by molar-refractivity contribution is 6.30. The van der Waals surface area contributed by atoms with Crippen LogP contribution in [0.3, 0.4) is 0 Å². The fourth-order valence-electron chi connectivity index (χ4n) is 3.65. The molecule has 4 rings (SSSR count). The summed E-state index contributed by atoms with van der Waals surface area (Å²) in [5, 5.41) is 14.8. The average Bonchev–Trinajstić information content (AvgIpc) is 2.70. The summed E-state index contributed by atoms with van der Waals surface area (Å²) in [7, 11) is 0. The number of aromatic nitrogens is 1. The second-order valence-corrected chi connectivity index (χ2v) is 6.63. The molecule has 23 heavy (non-hydrogen) atoms. The Morgan fingerprint density at radius 1 is 1.17 bits per heavy atom. The van der Waals surface area contributed by atoms with Gasteiger partial charge in [-0.25, -0.2) is 0 Å². The van der Waals surface area contributed by atoms with E-state index in [1.54, 1.807) is 0 Å². The number of hydrogen-bond acceptors (Lipinski definition) is 3. The predicted molar refractivity (Wildman–Crippen MR) is 92.5 cm³/mol. The van der Waals surface area contributed by atoms with Gasteiger partial charge >= 0.3 is 0 Å². The number of aliphatic hydroxyl groups is 1. The lowest BCUT2D eigenvalue weighted by Crippen LogP contribution is -2.24. The van der Waals surface area contributed by atoms with E-state index in [4.69, 9.17) is 11.6 Å². The standard InChI is InChI=1S/C19H19ClN2O/c20-14-3-4-15-13(10-14)11-17(23)16-2-1-7-22-19(16)18(15)12-5-8-21-9-6-12/h1-4,7,10,17,21,23H,5-6,8-9,11H2/t17-/m1/s1. The number of nitrogens with one attached hydrogen (secondary N) is 1. The zero-order valence-corrected chi connectivity index (χ0v) is 13.6. The molecule has 2 aromatic rings. The minimum Gasteiger partial charge on any atom is -0.388 e. The van der Waals surface area contributed by atoms with Gasteiger partial charge in [0.05, 0.1) is 11.8 Å². The maximum absolute atomic E-state index is 10.7. The van der Waals surface area contributed by atoms with E-state index in [1.807, 2.05) is 30.5 Å². The number of rotatable bonds is 0. The van der Waals surface area contributed by atoms with E-state index in [2.05, 4.69) is 16.4 Å². The molecule has 2 heterocycles. The van der Waals surface area contributed by atoms with Crippen molar-refractivity contribution >= 4 is 17.2 Å². The van der Waals surface area contributed by atoms with Gasteiger partial charge in [0.1, 0.15) is 0 Å². The van der Waals surface area contributed by atoms with Crippen LogP contribution in [0.15, 0.2) is 42.1 Å². The van der Waals surface area contributed by atoms with E-state index in [0.29, 0.717) is 11.4 Å². The van der Waals surface area contributed by atoms with Crippen LogP contribution in [-0.2, 0) is 6.42 Å². The van der Waals surface area contributed by atoms with E-state index < -0.39 is 6.10 Å². The van der Waals surface area contributed by atoms with Crippen molar-refractivity contribution in [3.63, 3.8) is 0 Å². The number of pyridine rings is 1. The van der Waals surface area contributed by atoms with Crippen LogP contribution in [0, 0.1) is 0 Å². The topological polar surface area (TPSA) is 45.1 Å². The maximum Gasteiger partial charge on any atom is 0.0851 e. The summed E-state index contributed by atoms with van der Waals surface area (Å²) in [6.07, 6.45) is 3.88. The molecule has 0 spiro atoms. The normalized spacial score (nSPS) is 20.7. The second kappa shape index (κ2) is 6.08. The Kier molecular flexibility index (Phi) is 3.93. The van der Waals surface area contributed by atoms with Crippen molar-refractivity contribution in [2.24, 2.45) is 0 Å². The molecule has 0 amide bonds. The van der Waals surface area contributed by atoms with Crippen LogP contribution in [0.5, 0.6) is 0 Å². The predicted octanol–water partition coefficient (Wildman–Crippen LogP) is 3.51. The van der Waals surface area contributed by atoms with E-state index in [0.717, 1.165) is 42.8 Å². The van der Waals surface area contributed by atoms with Crippen molar-refractivity contribution in [2.75, 3.05) is 13.1 Å². The van der Waals surface area contributed by atoms with Gasteiger partial charge in [-0.1, -0.05) is 29.3 Å². The molecule has 1 aromatic carbocycles. The molecule has 118 valence electrons. The van der Waals surface area contributed by atoms with E-state index >= 15 is 0 Å². The van der Waals surface area contributed by atoms with E-state index in [1.165, 1.54) is 16.7 Å². The van der Waals surface area contributed by atoms with Crippen LogP contribution < -0.4 is 5.32 Å². The van der Waals surface area contributed by atoms with Crippen LogP contribution in [0.4, 0.5) is 0 Å². The molecule has 1 aliphatic heterocycles. The molecule has 1 aromatic heterocycles. The largest absolute Gasteiger partial charge is 0.388 e. The summed E-state index contributed by atoms with van der Waals surface area (Å²) in [5.74, 6) is 0. The third-order valence-corrected chi connectivity index (χ3v) is 4.98. The molecule has 2 N–H and O–H groups in total. The highest BCUT2D eigenvalue weighted by atomic mass is 35.5. The molecule has 0 bridgehead atoms. The lowest BCUT2D eigenvalue weighted by molar-refractivity contribution is 0.178. The number of aliphatic hydroxyl groups excluding tert-OH is 1. The minimum atomic E-state index is -0.546. The monoisotopic (exact) mass is 326 g/mol. The van der Waals surface area contributed by atoms with Crippen molar-refractivity contribution < 1.29 is 5.11 Å². The first-order valence-electron chi connectivity index (χ1n) is 8.09. The van der Waals surface area contributed by atoms with Gasteiger partial charge in [-0.3, -0.25) is 4.98 Å². The Labute approximate surface area is 141 Å². The van der Waals surface area contributed by atoms with Crippen molar-refractivity contribution in [3.8, 4) is 0 Å².